The molecule has 5 nitrogen and oxygen atoms in total. The van der Waals surface area contributed by atoms with E-state index in [0.29, 0.717) is 16.2 Å². The van der Waals surface area contributed by atoms with E-state index in [1.165, 1.54) is 6.92 Å². The predicted octanol–water partition coefficient (Wildman–Crippen LogP) is 3.38. The molecule has 21 heavy (non-hydrogen) atoms. The zero-order chi connectivity index (χ0) is 15.8. The molecular formula is C15H16ClNO4. The summed E-state index contributed by atoms with van der Waals surface area (Å²) < 4.78 is 5.52. The Labute approximate surface area is 126 Å². The summed E-state index contributed by atoms with van der Waals surface area (Å²) in [5.41, 5.74) is -0.162. The molecule has 6 heteroatoms. The van der Waals surface area contributed by atoms with E-state index in [9.17, 15) is 14.7 Å². The van der Waals surface area contributed by atoms with Crippen molar-refractivity contribution in [1.29, 1.82) is 0 Å². The quantitative estimate of drug-likeness (QED) is 0.907. The molecule has 2 N–H and O–H groups in total. The maximum absolute atomic E-state index is 12.3. The van der Waals surface area contributed by atoms with Gasteiger partial charge in [0.2, 0.25) is 0 Å². The first-order valence-corrected chi connectivity index (χ1v) is 6.91. The molecule has 1 atom stereocenters. The molecule has 0 bridgehead atoms. The van der Waals surface area contributed by atoms with Crippen LogP contribution < -0.4 is 5.32 Å². The normalized spacial score (nSPS) is 13.9. The molecule has 1 heterocycles. The number of rotatable bonds is 4. The molecule has 0 aliphatic carbocycles. The van der Waals surface area contributed by atoms with Gasteiger partial charge in [0.1, 0.15) is 11.1 Å². The average Bonchev–Trinajstić information content (AvgIpc) is 2.75. The van der Waals surface area contributed by atoms with Crippen molar-refractivity contribution in [1.82, 2.24) is 5.32 Å². The number of aliphatic carboxylic acids is 1. The summed E-state index contributed by atoms with van der Waals surface area (Å²) in [6.07, 6.45) is 0.263. The summed E-state index contributed by atoms with van der Waals surface area (Å²) in [4.78, 5) is 23.6. The number of furan rings is 1. The first-order chi connectivity index (χ1) is 9.78. The average molecular weight is 310 g/mol. The van der Waals surface area contributed by atoms with E-state index in [-0.39, 0.29) is 12.2 Å². The smallest absolute Gasteiger partial charge is 0.329 e. The van der Waals surface area contributed by atoms with E-state index in [4.69, 9.17) is 16.0 Å². The highest BCUT2D eigenvalue weighted by Gasteiger charge is 2.34. The summed E-state index contributed by atoms with van der Waals surface area (Å²) in [5, 5.41) is 13.0. The predicted molar refractivity (Wildman–Crippen MR) is 79.8 cm³/mol. The second-order valence-corrected chi connectivity index (χ2v) is 5.58. The van der Waals surface area contributed by atoms with Crippen LogP contribution in [0.4, 0.5) is 0 Å². The Bertz CT molecular complexity index is 722. The highest BCUT2D eigenvalue weighted by atomic mass is 35.5. The summed E-state index contributed by atoms with van der Waals surface area (Å²) in [7, 11) is 0. The number of benzene rings is 1. The van der Waals surface area contributed by atoms with E-state index in [2.05, 4.69) is 5.32 Å². The van der Waals surface area contributed by atoms with Gasteiger partial charge in [0.15, 0.2) is 5.76 Å². The maximum atomic E-state index is 12.3. The third-order valence-corrected chi connectivity index (χ3v) is 3.91. The number of hydrogen-bond donors (Lipinski definition) is 2. The van der Waals surface area contributed by atoms with Gasteiger partial charge < -0.3 is 14.8 Å². The zero-order valence-electron chi connectivity index (χ0n) is 12.0. The van der Waals surface area contributed by atoms with Crippen LogP contribution in [0.2, 0.25) is 5.02 Å². The van der Waals surface area contributed by atoms with Crippen molar-refractivity contribution < 1.29 is 19.1 Å². The Morgan fingerprint density at radius 1 is 1.43 bits per heavy atom. The molecule has 0 saturated heterocycles. The van der Waals surface area contributed by atoms with Crippen molar-refractivity contribution in [2.24, 2.45) is 0 Å². The lowest BCUT2D eigenvalue weighted by Gasteiger charge is -2.24. The fraction of sp³-hybridized carbons (Fsp3) is 0.333. The summed E-state index contributed by atoms with van der Waals surface area (Å²) in [6, 6.07) is 5.06. The fourth-order valence-corrected chi connectivity index (χ4v) is 2.18. The van der Waals surface area contributed by atoms with Gasteiger partial charge in [-0.3, -0.25) is 4.79 Å². The van der Waals surface area contributed by atoms with Crippen molar-refractivity contribution in [2.45, 2.75) is 32.7 Å². The van der Waals surface area contributed by atoms with Crippen molar-refractivity contribution in [3.8, 4) is 0 Å². The summed E-state index contributed by atoms with van der Waals surface area (Å²) in [5.74, 6) is -1.53. The second-order valence-electron chi connectivity index (χ2n) is 5.14. The van der Waals surface area contributed by atoms with Gasteiger partial charge in [-0.05, 0) is 38.5 Å². The lowest BCUT2D eigenvalue weighted by atomic mass is 9.99. The summed E-state index contributed by atoms with van der Waals surface area (Å²) >= 11 is 5.93. The van der Waals surface area contributed by atoms with Crippen LogP contribution in [-0.2, 0) is 4.79 Å². The van der Waals surface area contributed by atoms with Crippen LogP contribution in [0.5, 0.6) is 0 Å². The zero-order valence-corrected chi connectivity index (χ0v) is 12.7. The number of carbonyl (C=O) groups excluding carboxylic acids is 1. The van der Waals surface area contributed by atoms with Gasteiger partial charge in [-0.15, -0.1) is 0 Å². The van der Waals surface area contributed by atoms with Gasteiger partial charge in [-0.1, -0.05) is 18.5 Å². The van der Waals surface area contributed by atoms with Crippen molar-refractivity contribution in [3.05, 3.63) is 34.5 Å². The number of nitrogens with one attached hydrogen (secondary N) is 1. The lowest BCUT2D eigenvalue weighted by molar-refractivity contribution is -0.143. The van der Waals surface area contributed by atoms with Crippen LogP contribution in [0.1, 0.15) is 36.4 Å². The SMILES string of the molecule is CCC(C)(NC(=O)c1oc2ccc(Cl)cc2c1C)C(=O)O. The number of carbonyl (C=O) groups is 2. The molecule has 0 aliphatic rings. The Morgan fingerprint density at radius 3 is 2.67 bits per heavy atom. The summed E-state index contributed by atoms with van der Waals surface area (Å²) in [6.45, 7) is 4.89. The Morgan fingerprint density at radius 2 is 2.10 bits per heavy atom. The van der Waals surface area contributed by atoms with Gasteiger partial charge in [0, 0.05) is 16.0 Å². The van der Waals surface area contributed by atoms with Gasteiger partial charge >= 0.3 is 5.97 Å². The Balaban J connectivity index is 2.40. The van der Waals surface area contributed by atoms with Crippen molar-refractivity contribution in [3.63, 3.8) is 0 Å². The van der Waals surface area contributed by atoms with E-state index in [1.807, 2.05) is 0 Å². The number of halogens is 1. The fourth-order valence-electron chi connectivity index (χ4n) is 2.01. The molecule has 1 amide bonds. The maximum Gasteiger partial charge on any atom is 0.329 e. The van der Waals surface area contributed by atoms with E-state index in [0.717, 1.165) is 5.39 Å². The Kier molecular flexibility index (Phi) is 3.96. The molecule has 112 valence electrons. The lowest BCUT2D eigenvalue weighted by Crippen LogP contribution is -2.51. The molecule has 1 aromatic carbocycles. The Hall–Kier alpha value is -2.01. The number of carboxylic acids is 1. The highest BCUT2D eigenvalue weighted by Crippen LogP contribution is 2.28. The molecule has 0 fully saturated rings. The number of carboxylic acid groups (broad SMARTS) is 1. The molecule has 0 saturated carbocycles. The van der Waals surface area contributed by atoms with Gasteiger partial charge in [-0.25, -0.2) is 4.79 Å². The molecular weight excluding hydrogens is 294 g/mol. The molecule has 0 radical (unpaired) electrons. The van der Waals surface area contributed by atoms with Crippen molar-refractivity contribution in [2.75, 3.05) is 0 Å². The van der Waals surface area contributed by atoms with Crippen LogP contribution in [0.25, 0.3) is 11.0 Å². The van der Waals surface area contributed by atoms with Crippen LogP contribution >= 0.6 is 11.6 Å². The minimum atomic E-state index is -1.33. The molecule has 0 aliphatic heterocycles. The minimum Gasteiger partial charge on any atom is -0.480 e. The first-order valence-electron chi connectivity index (χ1n) is 6.53. The first kappa shape index (κ1) is 15.4. The largest absolute Gasteiger partial charge is 0.480 e. The van der Waals surface area contributed by atoms with Crippen LogP contribution in [0.15, 0.2) is 22.6 Å². The molecule has 1 unspecified atom stereocenters. The number of fused-ring (bicyclic) bond motifs is 1. The van der Waals surface area contributed by atoms with Crippen LogP contribution in [0.3, 0.4) is 0 Å². The van der Waals surface area contributed by atoms with Crippen LogP contribution in [0, 0.1) is 6.92 Å². The topological polar surface area (TPSA) is 79.5 Å². The highest BCUT2D eigenvalue weighted by molar-refractivity contribution is 6.31. The molecule has 2 aromatic rings. The standard InChI is InChI=1S/C15H16ClNO4/c1-4-15(3,14(19)20)17-13(18)12-8(2)10-7-9(16)5-6-11(10)21-12/h5-7H,4H2,1-3H3,(H,17,18)(H,19,20). The third-order valence-electron chi connectivity index (χ3n) is 3.67. The van der Waals surface area contributed by atoms with Gasteiger partial charge in [0.05, 0.1) is 0 Å². The minimum absolute atomic E-state index is 0.105. The second kappa shape index (κ2) is 5.41. The monoisotopic (exact) mass is 309 g/mol. The van der Waals surface area contributed by atoms with Gasteiger partial charge in [-0.2, -0.15) is 0 Å². The number of hydrogen-bond acceptors (Lipinski definition) is 3. The molecule has 1 aromatic heterocycles. The van der Waals surface area contributed by atoms with Crippen molar-refractivity contribution >= 4 is 34.4 Å². The van der Waals surface area contributed by atoms with E-state index < -0.39 is 17.4 Å². The number of aryl methyl sites for hydroxylation is 1. The molecule has 0 spiro atoms. The third kappa shape index (κ3) is 2.74. The number of amides is 1. The van der Waals surface area contributed by atoms with Gasteiger partial charge in [0.25, 0.3) is 5.91 Å². The van der Waals surface area contributed by atoms with E-state index >= 15 is 0 Å². The van der Waals surface area contributed by atoms with E-state index in [1.54, 1.807) is 32.0 Å². The molecule has 2 rings (SSSR count). The van der Waals surface area contributed by atoms with Crippen LogP contribution in [-0.4, -0.2) is 22.5 Å².